The molecular weight excluding hydrogens is 630 g/mol. The summed E-state index contributed by atoms with van der Waals surface area (Å²) in [6, 6.07) is 5.24. The molecule has 0 aromatic carbocycles. The largest absolute Gasteiger partial charge is 2.00 e. The minimum atomic E-state index is -1.03. The van der Waals surface area contributed by atoms with Gasteiger partial charge in [0, 0.05) is 18.4 Å². The summed E-state index contributed by atoms with van der Waals surface area (Å²) in [5, 5.41) is 31.7. The zero-order chi connectivity index (χ0) is 32.7. The molecule has 0 radical (unpaired) electrons. The average molecular weight is 661 g/mol. The number of rotatable bonds is 9. The standard InChI is InChI=1S/C34H33N5O6.Fe/c1-7-20-16(3)24-14-27-21(8-2)18(5)32(37-27)34(39(44)45)33-19(6)23(10-12-31(42)43)29(38-33)15-28-22(9-11-30(40)41)17(4)25(36-28)13-26(20)35-24;/h7-8,13-15H,1-2,9-12H2,3-6H3,(H4,35,36,37,38,40,41,42,43);/q;+2/p-2. The van der Waals surface area contributed by atoms with Gasteiger partial charge in [0.1, 0.15) is 5.69 Å². The summed E-state index contributed by atoms with van der Waals surface area (Å²) in [6.07, 6.45) is 3.19. The first-order chi connectivity index (χ1) is 21.4. The first-order valence-corrected chi connectivity index (χ1v) is 14.3. The van der Waals surface area contributed by atoms with E-state index in [0.717, 1.165) is 16.7 Å². The van der Waals surface area contributed by atoms with Crippen molar-refractivity contribution in [2.24, 2.45) is 0 Å². The Hall–Kier alpha value is -5.06. The molecular formula is C34H31FeN5O6. The van der Waals surface area contributed by atoms with Crippen LogP contribution in [0.5, 0.6) is 0 Å². The summed E-state index contributed by atoms with van der Waals surface area (Å²) in [7, 11) is 0. The van der Waals surface area contributed by atoms with Crippen molar-refractivity contribution >= 4 is 68.1 Å². The number of carboxylic acid groups (broad SMARTS) is 2. The summed E-state index contributed by atoms with van der Waals surface area (Å²) in [5.41, 5.74) is 8.07. The molecule has 0 fully saturated rings. The molecule has 2 aliphatic rings. The van der Waals surface area contributed by atoms with Gasteiger partial charge in [-0.15, -0.1) is 16.6 Å². The molecule has 0 aliphatic carbocycles. The van der Waals surface area contributed by atoms with Crippen LogP contribution in [0.3, 0.4) is 0 Å². The van der Waals surface area contributed by atoms with Gasteiger partial charge in [-0.2, -0.15) is 0 Å². The number of nitrogens with zero attached hydrogens (tertiary/aromatic N) is 5. The predicted molar refractivity (Wildman–Crippen MR) is 173 cm³/mol. The molecule has 11 nitrogen and oxygen atoms in total. The van der Waals surface area contributed by atoms with Crippen molar-refractivity contribution in [3.8, 4) is 0 Å². The molecule has 0 saturated heterocycles. The van der Waals surface area contributed by atoms with Crippen molar-refractivity contribution in [1.82, 2.24) is 19.9 Å². The predicted octanol–water partition coefficient (Wildman–Crippen LogP) is 6.67. The maximum absolute atomic E-state index is 12.7. The van der Waals surface area contributed by atoms with Crippen molar-refractivity contribution in [2.75, 3.05) is 0 Å². The van der Waals surface area contributed by atoms with E-state index in [1.807, 2.05) is 19.9 Å². The molecule has 0 spiro atoms. The normalized spacial score (nSPS) is 12.6. The third-order valence-electron chi connectivity index (χ3n) is 8.35. The van der Waals surface area contributed by atoms with Crippen LogP contribution < -0.4 is 9.97 Å². The Labute approximate surface area is 275 Å². The van der Waals surface area contributed by atoms with Gasteiger partial charge in [-0.1, -0.05) is 65.7 Å². The van der Waals surface area contributed by atoms with Crippen LogP contribution in [-0.4, -0.2) is 37.0 Å². The van der Waals surface area contributed by atoms with E-state index in [1.165, 1.54) is 0 Å². The number of hydrogen-bond acceptors (Lipinski definition) is 6. The molecule has 236 valence electrons. The second-order valence-electron chi connectivity index (χ2n) is 11.0. The summed E-state index contributed by atoms with van der Waals surface area (Å²) in [6.45, 7) is 15.1. The molecule has 3 aromatic heterocycles. The minimum Gasteiger partial charge on any atom is -0.657 e. The number of allylic oxidation sites excluding steroid dienone is 5. The molecule has 8 bridgehead atoms. The van der Waals surface area contributed by atoms with Gasteiger partial charge >= 0.3 is 29.0 Å². The first kappa shape index (κ1) is 33.8. The molecule has 2 aliphatic heterocycles. The second kappa shape index (κ2) is 13.1. The van der Waals surface area contributed by atoms with Crippen LogP contribution in [0.1, 0.15) is 78.1 Å². The Kier molecular flexibility index (Phi) is 9.65. The Bertz CT molecular complexity index is 2080. The van der Waals surface area contributed by atoms with E-state index in [2.05, 4.69) is 13.2 Å². The Balaban J connectivity index is 0.00000480. The van der Waals surface area contributed by atoms with Crippen molar-refractivity contribution in [2.45, 2.75) is 53.4 Å². The van der Waals surface area contributed by atoms with Gasteiger partial charge in [0.15, 0.2) is 0 Å². The fourth-order valence-corrected chi connectivity index (χ4v) is 5.91. The van der Waals surface area contributed by atoms with Gasteiger partial charge in [0.25, 0.3) is 5.69 Å². The second-order valence-corrected chi connectivity index (χ2v) is 11.0. The van der Waals surface area contributed by atoms with Crippen LogP contribution in [0.4, 0.5) is 5.69 Å². The molecule has 0 atom stereocenters. The molecule has 0 amide bonds. The third-order valence-corrected chi connectivity index (χ3v) is 8.35. The van der Waals surface area contributed by atoms with E-state index in [1.54, 1.807) is 38.1 Å². The number of aromatic nitrogens is 4. The third kappa shape index (κ3) is 5.96. The zero-order valence-corrected chi connectivity index (χ0v) is 26.9. The van der Waals surface area contributed by atoms with Gasteiger partial charge in [-0.3, -0.25) is 19.7 Å². The van der Waals surface area contributed by atoms with E-state index in [9.17, 15) is 29.9 Å². The molecule has 5 rings (SSSR count). The zero-order valence-electron chi connectivity index (χ0n) is 25.7. The number of hydrogen-bond donors (Lipinski definition) is 2. The fourth-order valence-electron chi connectivity index (χ4n) is 5.91. The van der Waals surface area contributed by atoms with Crippen molar-refractivity contribution < 1.29 is 41.8 Å². The molecule has 0 unspecified atom stereocenters. The molecule has 46 heavy (non-hydrogen) atoms. The smallest absolute Gasteiger partial charge is 0.657 e. The topological polar surface area (TPSA) is 172 Å². The molecule has 3 aromatic rings. The van der Waals surface area contributed by atoms with Crippen LogP contribution in [-0.2, 0) is 33.1 Å². The molecule has 12 heteroatoms. The number of carbonyl (C=O) groups is 2. The quantitative estimate of drug-likeness (QED) is 0.143. The SMILES string of the molecule is C=CC1=C(C)c2cc3[n-]c(c(C)c3C=C)c([N+](=O)[O-])c3nc(cc4[n-]c(cc1n2)c(C)c4CCC(=O)O)C(CCC(=O)O)=C3C.[Fe+2]. The van der Waals surface area contributed by atoms with Crippen LogP contribution >= 0.6 is 0 Å². The van der Waals surface area contributed by atoms with Crippen molar-refractivity contribution in [3.63, 3.8) is 0 Å². The first-order valence-electron chi connectivity index (χ1n) is 14.3. The van der Waals surface area contributed by atoms with Crippen LogP contribution in [0.15, 0.2) is 37.4 Å². The van der Waals surface area contributed by atoms with E-state index >= 15 is 0 Å². The Morgan fingerprint density at radius 1 is 0.848 bits per heavy atom. The Morgan fingerprint density at radius 3 is 2.09 bits per heavy atom. The maximum Gasteiger partial charge on any atom is 2.00 e. The average Bonchev–Trinajstić information content (AvgIpc) is 3.64. The number of aryl methyl sites for hydroxylation is 3. The van der Waals surface area contributed by atoms with Crippen LogP contribution in [0, 0.1) is 24.0 Å². The molecule has 2 N–H and O–H groups in total. The number of fused-ring (bicyclic) bond motifs is 8. The van der Waals surface area contributed by atoms with E-state index in [0.29, 0.717) is 61.5 Å². The fraction of sp³-hybridized carbons (Fsp3) is 0.235. The molecule has 5 heterocycles. The summed E-state index contributed by atoms with van der Waals surface area (Å²) in [4.78, 5) is 54.5. The van der Waals surface area contributed by atoms with E-state index < -0.39 is 16.9 Å². The van der Waals surface area contributed by atoms with Gasteiger partial charge in [-0.25, -0.2) is 9.97 Å². The monoisotopic (exact) mass is 661 g/mol. The number of nitro groups is 1. The van der Waals surface area contributed by atoms with Gasteiger partial charge in [-0.05, 0) is 62.8 Å². The van der Waals surface area contributed by atoms with Gasteiger partial charge in [0.05, 0.1) is 22.0 Å². The summed E-state index contributed by atoms with van der Waals surface area (Å²) in [5.74, 6) is -2.00. The van der Waals surface area contributed by atoms with Gasteiger partial charge in [0.2, 0.25) is 0 Å². The van der Waals surface area contributed by atoms with Crippen molar-refractivity contribution in [1.29, 1.82) is 0 Å². The maximum atomic E-state index is 12.7. The number of aliphatic carboxylic acids is 2. The number of carboxylic acids is 2. The summed E-state index contributed by atoms with van der Waals surface area (Å²) < 4.78 is 0. The minimum absolute atomic E-state index is 0. The molecule has 0 saturated carbocycles. The Morgan fingerprint density at radius 2 is 1.48 bits per heavy atom. The van der Waals surface area contributed by atoms with Crippen LogP contribution in [0.2, 0.25) is 0 Å². The van der Waals surface area contributed by atoms with Crippen LogP contribution in [0.25, 0.3) is 50.4 Å². The van der Waals surface area contributed by atoms with Gasteiger partial charge < -0.3 is 20.2 Å². The van der Waals surface area contributed by atoms with Crippen molar-refractivity contribution in [3.05, 3.63) is 92.6 Å². The van der Waals surface area contributed by atoms with E-state index in [-0.39, 0.29) is 59.6 Å². The van der Waals surface area contributed by atoms with E-state index in [4.69, 9.17) is 19.9 Å². The summed E-state index contributed by atoms with van der Waals surface area (Å²) >= 11 is 0.